The van der Waals surface area contributed by atoms with Crippen LogP contribution in [0.4, 0.5) is 0 Å². The zero-order valence-corrected chi connectivity index (χ0v) is 13.6. The van der Waals surface area contributed by atoms with E-state index in [9.17, 15) is 0 Å². The molecule has 0 bridgehead atoms. The summed E-state index contributed by atoms with van der Waals surface area (Å²) in [7, 11) is 0. The van der Waals surface area contributed by atoms with Crippen molar-refractivity contribution in [2.45, 2.75) is 19.4 Å². The average molecular weight is 354 g/mol. The zero-order chi connectivity index (χ0) is 13.9. The van der Waals surface area contributed by atoms with Gasteiger partial charge in [0.25, 0.3) is 0 Å². The Morgan fingerprint density at radius 3 is 3.15 bits per heavy atom. The van der Waals surface area contributed by atoms with Crippen molar-refractivity contribution in [1.82, 2.24) is 15.5 Å². The highest BCUT2D eigenvalue weighted by atomic mass is 79.9. The number of rotatable bonds is 3. The third kappa shape index (κ3) is 3.24. The summed E-state index contributed by atoms with van der Waals surface area (Å²) < 4.78 is 6.43. The van der Waals surface area contributed by atoms with Crippen molar-refractivity contribution in [3.8, 4) is 11.4 Å². The molecule has 20 heavy (non-hydrogen) atoms. The van der Waals surface area contributed by atoms with E-state index in [1.165, 1.54) is 11.3 Å². The number of hydrogen-bond acceptors (Lipinski definition) is 5. The number of nitrogens with zero attached hydrogens (tertiary/aromatic N) is 2. The van der Waals surface area contributed by atoms with Gasteiger partial charge in [0.2, 0.25) is 11.7 Å². The number of thioether (sulfide) groups is 1. The van der Waals surface area contributed by atoms with Crippen molar-refractivity contribution >= 4 is 27.7 Å². The molecule has 1 aromatic carbocycles. The smallest absolute Gasteiger partial charge is 0.228 e. The molecule has 0 aliphatic carbocycles. The van der Waals surface area contributed by atoms with Crippen LogP contribution in [0.5, 0.6) is 0 Å². The van der Waals surface area contributed by atoms with Crippen molar-refractivity contribution in [3.63, 3.8) is 0 Å². The minimum absolute atomic E-state index is 0.437. The van der Waals surface area contributed by atoms with E-state index in [-0.39, 0.29) is 0 Å². The van der Waals surface area contributed by atoms with E-state index in [0.717, 1.165) is 28.8 Å². The molecule has 0 amide bonds. The molecule has 1 aromatic heterocycles. The first-order valence-corrected chi connectivity index (χ1v) is 8.57. The van der Waals surface area contributed by atoms with Gasteiger partial charge in [0.15, 0.2) is 0 Å². The average Bonchev–Trinajstić information content (AvgIpc) is 2.91. The van der Waals surface area contributed by atoms with Gasteiger partial charge in [-0.15, -0.1) is 0 Å². The summed E-state index contributed by atoms with van der Waals surface area (Å²) >= 11 is 5.50. The summed E-state index contributed by atoms with van der Waals surface area (Å²) in [6, 6.07) is 6.53. The van der Waals surface area contributed by atoms with Gasteiger partial charge in [-0.2, -0.15) is 16.7 Å². The lowest BCUT2D eigenvalue weighted by Gasteiger charge is -2.21. The first-order valence-electron chi connectivity index (χ1n) is 6.62. The molecule has 0 saturated carbocycles. The summed E-state index contributed by atoms with van der Waals surface area (Å²) in [4.78, 5) is 4.50. The minimum Gasteiger partial charge on any atom is -0.339 e. The number of nitrogens with one attached hydrogen (secondary N) is 1. The van der Waals surface area contributed by atoms with Crippen LogP contribution in [0.2, 0.25) is 0 Å². The molecule has 0 spiro atoms. The Kier molecular flexibility index (Phi) is 4.43. The molecular formula is C14H16BrN3OS. The fourth-order valence-corrected chi connectivity index (χ4v) is 3.48. The van der Waals surface area contributed by atoms with Gasteiger partial charge in [-0.1, -0.05) is 33.2 Å². The molecule has 1 saturated heterocycles. The molecule has 1 N–H and O–H groups in total. The third-order valence-corrected chi connectivity index (χ3v) is 5.30. The van der Waals surface area contributed by atoms with Crippen LogP contribution in [-0.2, 0) is 6.42 Å². The van der Waals surface area contributed by atoms with E-state index in [1.807, 2.05) is 23.9 Å². The second kappa shape index (κ2) is 6.28. The first-order chi connectivity index (χ1) is 9.72. The lowest BCUT2D eigenvalue weighted by molar-refractivity contribution is 0.363. The Morgan fingerprint density at radius 2 is 2.40 bits per heavy atom. The molecule has 2 aromatic rings. The van der Waals surface area contributed by atoms with Crippen molar-refractivity contribution in [1.29, 1.82) is 0 Å². The largest absolute Gasteiger partial charge is 0.339 e. The molecule has 1 fully saturated rings. The van der Waals surface area contributed by atoms with E-state index in [2.05, 4.69) is 44.4 Å². The van der Waals surface area contributed by atoms with Gasteiger partial charge < -0.3 is 9.84 Å². The van der Waals surface area contributed by atoms with Crippen LogP contribution >= 0.6 is 27.7 Å². The van der Waals surface area contributed by atoms with Crippen LogP contribution in [0.15, 0.2) is 27.2 Å². The first kappa shape index (κ1) is 14.1. The van der Waals surface area contributed by atoms with E-state index in [0.29, 0.717) is 17.8 Å². The molecule has 3 rings (SSSR count). The maximum atomic E-state index is 5.37. The van der Waals surface area contributed by atoms with Gasteiger partial charge in [-0.3, -0.25) is 0 Å². The van der Waals surface area contributed by atoms with Crippen LogP contribution < -0.4 is 5.32 Å². The van der Waals surface area contributed by atoms with Gasteiger partial charge in [0.05, 0.1) is 0 Å². The van der Waals surface area contributed by atoms with E-state index in [1.54, 1.807) is 0 Å². The predicted molar refractivity (Wildman–Crippen MR) is 85.0 cm³/mol. The Morgan fingerprint density at radius 1 is 1.50 bits per heavy atom. The highest BCUT2D eigenvalue weighted by Crippen LogP contribution is 2.24. The summed E-state index contributed by atoms with van der Waals surface area (Å²) in [5.41, 5.74) is 2.17. The highest BCUT2D eigenvalue weighted by molar-refractivity contribution is 9.10. The lowest BCUT2D eigenvalue weighted by atomic mass is 10.1. The topological polar surface area (TPSA) is 51.0 Å². The molecule has 1 aliphatic rings. The van der Waals surface area contributed by atoms with Gasteiger partial charge >= 0.3 is 0 Å². The van der Waals surface area contributed by atoms with Crippen LogP contribution in [0, 0.1) is 6.92 Å². The van der Waals surface area contributed by atoms with Crippen molar-refractivity contribution < 1.29 is 4.52 Å². The predicted octanol–water partition coefficient (Wildman–Crippen LogP) is 3.06. The van der Waals surface area contributed by atoms with Gasteiger partial charge in [-0.05, 0) is 18.6 Å². The van der Waals surface area contributed by atoms with Crippen molar-refractivity contribution in [2.75, 3.05) is 18.1 Å². The monoisotopic (exact) mass is 353 g/mol. The Bertz CT molecular complexity index is 596. The van der Waals surface area contributed by atoms with Gasteiger partial charge in [0, 0.05) is 40.5 Å². The van der Waals surface area contributed by atoms with Crippen molar-refractivity contribution in [3.05, 3.63) is 34.1 Å². The van der Waals surface area contributed by atoms with Crippen LogP contribution in [0.3, 0.4) is 0 Å². The van der Waals surface area contributed by atoms with Crippen LogP contribution in [0.25, 0.3) is 11.4 Å². The second-order valence-corrected chi connectivity index (χ2v) is 6.91. The molecular weight excluding hydrogens is 338 g/mol. The highest BCUT2D eigenvalue weighted by Gasteiger charge is 2.17. The molecule has 4 nitrogen and oxygen atoms in total. The molecule has 1 atom stereocenters. The van der Waals surface area contributed by atoms with E-state index < -0.39 is 0 Å². The Labute approximate surface area is 130 Å². The number of aryl methyl sites for hydroxylation is 1. The number of aromatic nitrogens is 2. The summed E-state index contributed by atoms with van der Waals surface area (Å²) in [6.07, 6.45) is 0.799. The van der Waals surface area contributed by atoms with Crippen molar-refractivity contribution in [2.24, 2.45) is 0 Å². The van der Waals surface area contributed by atoms with E-state index >= 15 is 0 Å². The fourth-order valence-electron chi connectivity index (χ4n) is 2.15. The molecule has 0 radical (unpaired) electrons. The fraction of sp³-hybridized carbons (Fsp3) is 0.429. The number of hydrogen-bond donors (Lipinski definition) is 1. The molecule has 2 heterocycles. The summed E-state index contributed by atoms with van der Waals surface area (Å²) in [6.45, 7) is 3.11. The lowest BCUT2D eigenvalue weighted by Crippen LogP contribution is -2.38. The zero-order valence-electron chi connectivity index (χ0n) is 11.2. The maximum Gasteiger partial charge on any atom is 0.228 e. The Hall–Kier alpha value is -0.850. The second-order valence-electron chi connectivity index (χ2n) is 4.91. The standard InChI is InChI=1S/C14H16BrN3OS/c1-9-2-3-10(6-12(9)15)14-17-13(19-18-14)7-11-8-20-5-4-16-11/h2-3,6,11,16H,4-5,7-8H2,1H3. The molecule has 6 heteroatoms. The van der Waals surface area contributed by atoms with Gasteiger partial charge in [0.1, 0.15) is 0 Å². The van der Waals surface area contributed by atoms with Crippen LogP contribution in [0.1, 0.15) is 11.5 Å². The molecule has 106 valence electrons. The minimum atomic E-state index is 0.437. The normalized spacial score (nSPS) is 19.2. The molecule has 1 aliphatic heterocycles. The van der Waals surface area contributed by atoms with Gasteiger partial charge in [-0.25, -0.2) is 0 Å². The summed E-state index contributed by atoms with van der Waals surface area (Å²) in [5.74, 6) is 3.65. The Balaban J connectivity index is 1.73. The third-order valence-electron chi connectivity index (χ3n) is 3.32. The molecule has 1 unspecified atom stereocenters. The number of halogens is 1. The van der Waals surface area contributed by atoms with E-state index in [4.69, 9.17) is 4.52 Å². The SMILES string of the molecule is Cc1ccc(-c2noc(CC3CSCCN3)n2)cc1Br. The summed E-state index contributed by atoms with van der Waals surface area (Å²) in [5, 5.41) is 7.56. The van der Waals surface area contributed by atoms with Crippen LogP contribution in [-0.4, -0.2) is 34.2 Å². The number of benzene rings is 1. The maximum absolute atomic E-state index is 5.37. The quantitative estimate of drug-likeness (QED) is 0.918.